The molecule has 0 radical (unpaired) electrons. The van der Waals surface area contributed by atoms with Gasteiger partial charge in [-0.1, -0.05) is 17.7 Å². The Morgan fingerprint density at radius 1 is 1.26 bits per heavy atom. The highest BCUT2D eigenvalue weighted by molar-refractivity contribution is 6.31. The molecular formula is C14H13ClN2O2. The van der Waals surface area contributed by atoms with E-state index in [1.54, 1.807) is 19.2 Å². The van der Waals surface area contributed by atoms with Crippen LogP contribution in [0.1, 0.15) is 15.9 Å². The van der Waals surface area contributed by atoms with E-state index in [9.17, 15) is 9.59 Å². The first-order chi connectivity index (χ1) is 8.97. The van der Waals surface area contributed by atoms with Crippen molar-refractivity contribution in [1.29, 1.82) is 0 Å². The summed E-state index contributed by atoms with van der Waals surface area (Å²) in [5.41, 5.74) is 1.84. The van der Waals surface area contributed by atoms with Gasteiger partial charge in [0.1, 0.15) is 0 Å². The number of anilines is 1. The number of nitrogens with one attached hydrogen (secondary N) is 1. The maximum absolute atomic E-state index is 12.1. The van der Waals surface area contributed by atoms with Crippen LogP contribution in [0.3, 0.4) is 0 Å². The number of aromatic nitrogens is 1. The molecule has 1 aromatic heterocycles. The number of amides is 1. The first kappa shape index (κ1) is 13.4. The van der Waals surface area contributed by atoms with Crippen molar-refractivity contribution in [3.63, 3.8) is 0 Å². The number of carbonyl (C=O) groups is 1. The van der Waals surface area contributed by atoms with Gasteiger partial charge in [0.15, 0.2) is 0 Å². The second-order valence-electron chi connectivity index (χ2n) is 4.28. The Morgan fingerprint density at radius 3 is 2.68 bits per heavy atom. The maximum Gasteiger partial charge on any atom is 0.257 e. The van der Waals surface area contributed by atoms with Gasteiger partial charge in [-0.3, -0.25) is 9.59 Å². The molecule has 5 heteroatoms. The zero-order chi connectivity index (χ0) is 14.0. The quantitative estimate of drug-likeness (QED) is 0.917. The molecule has 0 atom stereocenters. The highest BCUT2D eigenvalue weighted by Crippen LogP contribution is 2.20. The lowest BCUT2D eigenvalue weighted by Crippen LogP contribution is -2.19. The molecule has 19 heavy (non-hydrogen) atoms. The topological polar surface area (TPSA) is 51.1 Å². The summed E-state index contributed by atoms with van der Waals surface area (Å²) in [4.78, 5) is 23.3. The van der Waals surface area contributed by atoms with Crippen LogP contribution in [0.2, 0.25) is 5.02 Å². The summed E-state index contributed by atoms with van der Waals surface area (Å²) < 4.78 is 1.36. The third kappa shape index (κ3) is 3.03. The largest absolute Gasteiger partial charge is 0.322 e. The molecule has 1 heterocycles. The van der Waals surface area contributed by atoms with Gasteiger partial charge in [-0.15, -0.1) is 0 Å². The molecule has 0 fully saturated rings. The minimum atomic E-state index is -0.277. The number of hydrogen-bond donors (Lipinski definition) is 1. The number of benzene rings is 1. The summed E-state index contributed by atoms with van der Waals surface area (Å²) >= 11 is 5.90. The molecular weight excluding hydrogens is 264 g/mol. The molecule has 0 aliphatic carbocycles. The Hall–Kier alpha value is -2.07. The number of aryl methyl sites for hydroxylation is 2. The molecule has 2 rings (SSSR count). The van der Waals surface area contributed by atoms with Crippen LogP contribution < -0.4 is 10.9 Å². The normalized spacial score (nSPS) is 10.3. The molecule has 4 nitrogen and oxygen atoms in total. The van der Waals surface area contributed by atoms with Crippen molar-refractivity contribution in [2.24, 2.45) is 7.05 Å². The Bertz CT molecular complexity index is 692. The molecule has 1 aromatic carbocycles. The number of pyridine rings is 1. The van der Waals surface area contributed by atoms with Gasteiger partial charge in [0.05, 0.1) is 5.56 Å². The summed E-state index contributed by atoms with van der Waals surface area (Å²) in [6.07, 6.45) is 1.50. The SMILES string of the molecule is Cc1ccc(Cl)cc1NC(=O)c1ccc(=O)n(C)c1. The highest BCUT2D eigenvalue weighted by Gasteiger charge is 2.09. The minimum Gasteiger partial charge on any atom is -0.322 e. The third-order valence-electron chi connectivity index (χ3n) is 2.80. The molecule has 0 saturated heterocycles. The summed E-state index contributed by atoms with van der Waals surface area (Å²) in [6, 6.07) is 8.14. The van der Waals surface area contributed by atoms with E-state index in [0.29, 0.717) is 16.3 Å². The average Bonchev–Trinajstić information content (AvgIpc) is 2.37. The van der Waals surface area contributed by atoms with Crippen molar-refractivity contribution in [3.8, 4) is 0 Å². The van der Waals surface area contributed by atoms with Crippen LogP contribution in [0, 0.1) is 6.92 Å². The van der Waals surface area contributed by atoms with Gasteiger partial charge in [0, 0.05) is 30.0 Å². The maximum atomic E-state index is 12.1. The van der Waals surface area contributed by atoms with Gasteiger partial charge >= 0.3 is 0 Å². The number of halogens is 1. The van der Waals surface area contributed by atoms with E-state index < -0.39 is 0 Å². The second kappa shape index (κ2) is 5.28. The van der Waals surface area contributed by atoms with Crippen LogP contribution >= 0.6 is 11.6 Å². The fourth-order valence-corrected chi connectivity index (χ4v) is 1.82. The summed E-state index contributed by atoms with van der Waals surface area (Å²) in [7, 11) is 1.60. The lowest BCUT2D eigenvalue weighted by Gasteiger charge is -2.09. The van der Waals surface area contributed by atoms with Crippen molar-refractivity contribution >= 4 is 23.2 Å². The van der Waals surface area contributed by atoms with E-state index in [2.05, 4.69) is 5.32 Å². The first-order valence-electron chi connectivity index (χ1n) is 5.71. The zero-order valence-corrected chi connectivity index (χ0v) is 11.4. The van der Waals surface area contributed by atoms with Gasteiger partial charge in [-0.05, 0) is 30.7 Å². The molecule has 0 spiro atoms. The molecule has 1 amide bonds. The fourth-order valence-electron chi connectivity index (χ4n) is 1.65. The van der Waals surface area contributed by atoms with Gasteiger partial charge in [-0.25, -0.2) is 0 Å². The van der Waals surface area contributed by atoms with Crippen molar-refractivity contribution in [1.82, 2.24) is 4.57 Å². The highest BCUT2D eigenvalue weighted by atomic mass is 35.5. The third-order valence-corrected chi connectivity index (χ3v) is 3.03. The van der Waals surface area contributed by atoms with E-state index in [1.807, 2.05) is 13.0 Å². The van der Waals surface area contributed by atoms with E-state index >= 15 is 0 Å². The van der Waals surface area contributed by atoms with E-state index in [1.165, 1.54) is 22.9 Å². The van der Waals surface area contributed by atoms with Crippen molar-refractivity contribution in [3.05, 3.63) is 63.0 Å². The van der Waals surface area contributed by atoms with E-state index in [4.69, 9.17) is 11.6 Å². The zero-order valence-electron chi connectivity index (χ0n) is 10.6. The van der Waals surface area contributed by atoms with Crippen molar-refractivity contribution < 1.29 is 4.79 Å². The first-order valence-corrected chi connectivity index (χ1v) is 6.09. The van der Waals surface area contributed by atoms with Crippen LogP contribution in [-0.4, -0.2) is 10.5 Å². The predicted molar refractivity (Wildman–Crippen MR) is 75.8 cm³/mol. The monoisotopic (exact) mass is 276 g/mol. The minimum absolute atomic E-state index is 0.157. The molecule has 98 valence electrons. The molecule has 0 aliphatic rings. The van der Waals surface area contributed by atoms with Crippen molar-refractivity contribution in [2.75, 3.05) is 5.32 Å². The summed E-state index contributed by atoms with van der Waals surface area (Å²) in [5.74, 6) is -0.277. The lowest BCUT2D eigenvalue weighted by molar-refractivity contribution is 0.102. The number of nitrogens with zero attached hydrogens (tertiary/aromatic N) is 1. The average molecular weight is 277 g/mol. The van der Waals surface area contributed by atoms with Gasteiger partial charge in [-0.2, -0.15) is 0 Å². The number of rotatable bonds is 2. The molecule has 1 N–H and O–H groups in total. The second-order valence-corrected chi connectivity index (χ2v) is 4.72. The predicted octanol–water partition coefficient (Wildman–Crippen LogP) is 2.60. The number of hydrogen-bond acceptors (Lipinski definition) is 2. The standard InChI is InChI=1S/C14H13ClN2O2/c1-9-3-5-11(15)7-12(9)16-14(19)10-4-6-13(18)17(2)8-10/h3-8H,1-2H3,(H,16,19). The Kier molecular flexibility index (Phi) is 3.71. The Labute approximate surface area is 115 Å². The summed E-state index contributed by atoms with van der Waals surface area (Å²) in [6.45, 7) is 1.88. The van der Waals surface area contributed by atoms with Gasteiger partial charge < -0.3 is 9.88 Å². The Morgan fingerprint density at radius 2 is 2.00 bits per heavy atom. The molecule has 2 aromatic rings. The smallest absolute Gasteiger partial charge is 0.257 e. The molecule has 0 bridgehead atoms. The van der Waals surface area contributed by atoms with Crippen LogP contribution in [0.15, 0.2) is 41.3 Å². The van der Waals surface area contributed by atoms with Crippen LogP contribution in [0.25, 0.3) is 0 Å². The number of carbonyl (C=O) groups excluding carboxylic acids is 1. The van der Waals surface area contributed by atoms with Gasteiger partial charge in [0.2, 0.25) is 5.56 Å². The van der Waals surface area contributed by atoms with E-state index in [0.717, 1.165) is 5.56 Å². The van der Waals surface area contributed by atoms with Gasteiger partial charge in [0.25, 0.3) is 5.91 Å². The lowest BCUT2D eigenvalue weighted by atomic mass is 10.2. The van der Waals surface area contributed by atoms with Crippen LogP contribution in [0.5, 0.6) is 0 Å². The van der Waals surface area contributed by atoms with Crippen LogP contribution in [-0.2, 0) is 7.05 Å². The molecule has 0 aliphatic heterocycles. The molecule has 0 unspecified atom stereocenters. The molecule has 0 saturated carbocycles. The summed E-state index contributed by atoms with van der Waals surface area (Å²) in [5, 5.41) is 3.33. The fraction of sp³-hybridized carbons (Fsp3) is 0.143. The van der Waals surface area contributed by atoms with E-state index in [-0.39, 0.29) is 11.5 Å². The van der Waals surface area contributed by atoms with Crippen LogP contribution in [0.4, 0.5) is 5.69 Å². The Balaban J connectivity index is 2.28. The van der Waals surface area contributed by atoms with Crippen molar-refractivity contribution in [2.45, 2.75) is 6.92 Å².